The van der Waals surface area contributed by atoms with E-state index in [4.69, 9.17) is 0 Å². The van der Waals surface area contributed by atoms with Crippen LogP contribution in [-0.4, -0.2) is 5.78 Å². The van der Waals surface area contributed by atoms with Crippen LogP contribution in [0.4, 0.5) is 0 Å². The van der Waals surface area contributed by atoms with E-state index < -0.39 is 0 Å². The number of benzene rings is 2. The Kier molecular flexibility index (Phi) is 4.77. The van der Waals surface area contributed by atoms with Crippen molar-refractivity contribution in [3.8, 4) is 0 Å². The molecule has 2 rings (SSSR count). The second-order valence-corrected chi connectivity index (χ2v) is 5.87. The molecule has 2 heteroatoms. The molecule has 0 aliphatic carbocycles. The van der Waals surface area contributed by atoms with Crippen molar-refractivity contribution < 1.29 is 4.79 Å². The van der Waals surface area contributed by atoms with E-state index in [9.17, 15) is 4.79 Å². The first-order valence-electron chi connectivity index (χ1n) is 6.99. The maximum absolute atomic E-state index is 12.8. The summed E-state index contributed by atoms with van der Waals surface area (Å²) in [5.74, 6) is 0.101. The Morgan fingerprint density at radius 3 is 2.35 bits per heavy atom. The van der Waals surface area contributed by atoms with E-state index in [0.717, 1.165) is 39.6 Å². The molecule has 2 aromatic rings. The zero-order valence-corrected chi connectivity index (χ0v) is 13.8. The summed E-state index contributed by atoms with van der Waals surface area (Å²) in [6.07, 6.45) is 1.81. The average molecular weight is 331 g/mol. The van der Waals surface area contributed by atoms with Crippen molar-refractivity contribution in [2.75, 3.05) is 0 Å². The number of ketones is 1. The van der Waals surface area contributed by atoms with Gasteiger partial charge in [0.25, 0.3) is 0 Å². The fraction of sp³-hybridized carbons (Fsp3) is 0.278. The molecule has 0 aromatic heterocycles. The van der Waals surface area contributed by atoms with Crippen LogP contribution >= 0.6 is 15.9 Å². The summed E-state index contributed by atoms with van der Waals surface area (Å²) in [5.41, 5.74) is 5.02. The van der Waals surface area contributed by atoms with Gasteiger partial charge in [-0.2, -0.15) is 0 Å². The maximum atomic E-state index is 12.8. The Hall–Kier alpha value is -1.41. The third-order valence-electron chi connectivity index (χ3n) is 3.58. The second kappa shape index (κ2) is 6.36. The van der Waals surface area contributed by atoms with E-state index >= 15 is 0 Å². The van der Waals surface area contributed by atoms with Crippen molar-refractivity contribution in [1.29, 1.82) is 0 Å². The minimum atomic E-state index is 0.101. The van der Waals surface area contributed by atoms with E-state index in [2.05, 4.69) is 41.9 Å². The summed E-state index contributed by atoms with van der Waals surface area (Å²) in [4.78, 5) is 12.8. The van der Waals surface area contributed by atoms with E-state index in [1.165, 1.54) is 5.56 Å². The van der Waals surface area contributed by atoms with E-state index in [-0.39, 0.29) is 5.78 Å². The van der Waals surface area contributed by atoms with Crippen molar-refractivity contribution >= 4 is 21.7 Å². The molecule has 0 unspecified atom stereocenters. The summed E-state index contributed by atoms with van der Waals surface area (Å²) < 4.78 is 0.867. The highest BCUT2D eigenvalue weighted by Gasteiger charge is 2.16. The van der Waals surface area contributed by atoms with Gasteiger partial charge in [0.1, 0.15) is 0 Å². The third-order valence-corrected chi connectivity index (χ3v) is 4.23. The van der Waals surface area contributed by atoms with Crippen molar-refractivity contribution in [1.82, 2.24) is 0 Å². The summed E-state index contributed by atoms with van der Waals surface area (Å²) in [5, 5.41) is 0. The zero-order valence-electron chi connectivity index (χ0n) is 12.2. The minimum Gasteiger partial charge on any atom is -0.289 e. The van der Waals surface area contributed by atoms with Gasteiger partial charge in [-0.1, -0.05) is 48.0 Å². The molecule has 1 nitrogen and oxygen atoms in total. The highest BCUT2D eigenvalue weighted by atomic mass is 79.9. The van der Waals surface area contributed by atoms with Gasteiger partial charge in [0.2, 0.25) is 0 Å². The number of carbonyl (C=O) groups is 1. The lowest BCUT2D eigenvalue weighted by Crippen LogP contribution is -2.07. The molecular weight excluding hydrogens is 312 g/mol. The molecule has 0 amide bonds. The van der Waals surface area contributed by atoms with Gasteiger partial charge < -0.3 is 0 Å². The highest BCUT2D eigenvalue weighted by molar-refractivity contribution is 9.10. The lowest BCUT2D eigenvalue weighted by molar-refractivity contribution is 0.103. The summed E-state index contributed by atoms with van der Waals surface area (Å²) >= 11 is 3.51. The Morgan fingerprint density at radius 2 is 1.75 bits per heavy atom. The number of hydrogen-bond donors (Lipinski definition) is 0. The van der Waals surface area contributed by atoms with Crippen LogP contribution in [0.15, 0.2) is 40.9 Å². The van der Waals surface area contributed by atoms with Crippen molar-refractivity contribution in [3.05, 3.63) is 68.7 Å². The fourth-order valence-corrected chi connectivity index (χ4v) is 2.99. The van der Waals surface area contributed by atoms with Crippen molar-refractivity contribution in [3.63, 3.8) is 0 Å². The van der Waals surface area contributed by atoms with Crippen LogP contribution in [0.2, 0.25) is 0 Å². The van der Waals surface area contributed by atoms with Crippen molar-refractivity contribution in [2.24, 2.45) is 0 Å². The number of aryl methyl sites for hydroxylation is 3. The smallest absolute Gasteiger partial charge is 0.194 e. The maximum Gasteiger partial charge on any atom is 0.194 e. The summed E-state index contributed by atoms with van der Waals surface area (Å²) in [6.45, 7) is 6.22. The Bertz CT molecular complexity index is 644. The summed E-state index contributed by atoms with van der Waals surface area (Å²) in [7, 11) is 0. The van der Waals surface area contributed by atoms with Gasteiger partial charge in [-0.25, -0.2) is 0 Å². The van der Waals surface area contributed by atoms with Gasteiger partial charge in [-0.3, -0.25) is 4.79 Å². The van der Waals surface area contributed by atoms with E-state index in [1.54, 1.807) is 0 Å². The average Bonchev–Trinajstić information content (AvgIpc) is 2.46. The topological polar surface area (TPSA) is 17.1 Å². The predicted octanol–water partition coefficient (Wildman–Crippen LogP) is 5.11. The van der Waals surface area contributed by atoms with Crippen molar-refractivity contribution in [2.45, 2.75) is 33.6 Å². The van der Waals surface area contributed by atoms with Gasteiger partial charge in [0.05, 0.1) is 0 Å². The van der Waals surface area contributed by atoms with Crippen LogP contribution in [0.1, 0.15) is 46.5 Å². The zero-order chi connectivity index (χ0) is 14.7. The van der Waals surface area contributed by atoms with Gasteiger partial charge in [0.15, 0.2) is 5.78 Å². The van der Waals surface area contributed by atoms with Gasteiger partial charge in [-0.15, -0.1) is 0 Å². The molecule has 0 heterocycles. The predicted molar refractivity (Wildman–Crippen MR) is 87.5 cm³/mol. The Labute approximate surface area is 129 Å². The minimum absolute atomic E-state index is 0.101. The molecule has 0 spiro atoms. The molecule has 0 N–H and O–H groups in total. The number of rotatable bonds is 4. The standard InChI is InChI=1S/C18H19BrO/c1-4-13-7-8-14(5-2)16(11-13)18(20)15-9-6-12(3)10-17(15)19/h6-11H,4-5H2,1-3H3. The van der Waals surface area contributed by atoms with Crippen LogP contribution in [0.3, 0.4) is 0 Å². The second-order valence-electron chi connectivity index (χ2n) is 5.01. The van der Waals surface area contributed by atoms with Crippen LogP contribution in [0.5, 0.6) is 0 Å². The first kappa shape index (κ1) is 15.0. The first-order chi connectivity index (χ1) is 9.56. The molecule has 0 aliphatic rings. The molecule has 0 radical (unpaired) electrons. The van der Waals surface area contributed by atoms with Gasteiger partial charge in [-0.05, 0) is 54.7 Å². The number of hydrogen-bond acceptors (Lipinski definition) is 1. The molecule has 2 aromatic carbocycles. The normalized spacial score (nSPS) is 10.6. The quantitative estimate of drug-likeness (QED) is 0.711. The number of halogens is 1. The monoisotopic (exact) mass is 330 g/mol. The molecule has 20 heavy (non-hydrogen) atoms. The van der Waals surface area contributed by atoms with Crippen LogP contribution in [-0.2, 0) is 12.8 Å². The van der Waals surface area contributed by atoms with E-state index in [0.29, 0.717) is 0 Å². The Balaban J connectivity index is 2.51. The molecule has 0 bridgehead atoms. The molecule has 0 saturated heterocycles. The molecule has 0 atom stereocenters. The fourth-order valence-electron chi connectivity index (χ4n) is 2.31. The van der Waals surface area contributed by atoms with Crippen LogP contribution < -0.4 is 0 Å². The van der Waals surface area contributed by atoms with Crippen LogP contribution in [0.25, 0.3) is 0 Å². The van der Waals surface area contributed by atoms with Gasteiger partial charge >= 0.3 is 0 Å². The largest absolute Gasteiger partial charge is 0.289 e. The Morgan fingerprint density at radius 1 is 1.00 bits per heavy atom. The molecule has 104 valence electrons. The highest BCUT2D eigenvalue weighted by Crippen LogP contribution is 2.24. The molecular formula is C18H19BrO. The third kappa shape index (κ3) is 3.01. The molecule has 0 saturated carbocycles. The molecule has 0 fully saturated rings. The van der Waals surface area contributed by atoms with E-state index in [1.807, 2.05) is 31.2 Å². The lowest BCUT2D eigenvalue weighted by atomic mass is 9.94. The first-order valence-corrected chi connectivity index (χ1v) is 7.78. The number of carbonyl (C=O) groups excluding carboxylic acids is 1. The SMILES string of the molecule is CCc1ccc(CC)c(C(=O)c2ccc(C)cc2Br)c1. The van der Waals surface area contributed by atoms with Crippen LogP contribution in [0, 0.1) is 6.92 Å². The summed E-state index contributed by atoms with van der Waals surface area (Å²) in [6, 6.07) is 12.1. The molecule has 0 aliphatic heterocycles. The van der Waals surface area contributed by atoms with Gasteiger partial charge in [0, 0.05) is 15.6 Å². The lowest BCUT2D eigenvalue weighted by Gasteiger charge is -2.11.